The van der Waals surface area contributed by atoms with Crippen LogP contribution in [0.2, 0.25) is 0 Å². The lowest BCUT2D eigenvalue weighted by atomic mass is 9.82. The fourth-order valence-corrected chi connectivity index (χ4v) is 4.57. The second-order valence-corrected chi connectivity index (χ2v) is 11.2. The Morgan fingerprint density at radius 1 is 0.550 bits per heavy atom. The van der Waals surface area contributed by atoms with Crippen molar-refractivity contribution < 1.29 is 9.76 Å². The second kappa shape index (κ2) is 11.6. The van der Waals surface area contributed by atoms with Gasteiger partial charge in [0.15, 0.2) is 0 Å². The molecule has 5 rings (SSSR count). The first kappa shape index (κ1) is 27.5. The summed E-state index contributed by atoms with van der Waals surface area (Å²) < 4.78 is 6.12. The van der Waals surface area contributed by atoms with E-state index in [-0.39, 0.29) is 0 Å². The minimum atomic E-state index is -0.948. The maximum atomic E-state index is 10.5. The van der Waals surface area contributed by atoms with Gasteiger partial charge in [0.25, 0.3) is 0 Å². The summed E-state index contributed by atoms with van der Waals surface area (Å²) in [6, 6.07) is 46.7. The van der Waals surface area contributed by atoms with E-state index in [1.807, 2.05) is 26.0 Å². The average Bonchev–Trinajstić information content (AvgIpc) is 2.98. The number of nitrogens with zero attached hydrogens (tertiary/aromatic N) is 1. The summed E-state index contributed by atoms with van der Waals surface area (Å²) in [7, 11) is 0.420. The van der Waals surface area contributed by atoms with Crippen molar-refractivity contribution >= 4 is 30.0 Å². The van der Waals surface area contributed by atoms with E-state index in [0.29, 0.717) is 7.48 Å². The molecule has 1 N–H and O–H groups in total. The second-order valence-electron chi connectivity index (χ2n) is 11.2. The molecule has 0 radical (unpaired) electrons. The largest absolute Gasteiger partial charge is 0.427 e. The summed E-state index contributed by atoms with van der Waals surface area (Å²) in [5, 5.41) is 10.5. The quantitative estimate of drug-likeness (QED) is 0.198. The fourth-order valence-electron chi connectivity index (χ4n) is 4.57. The number of benzene rings is 5. The summed E-state index contributed by atoms with van der Waals surface area (Å²) >= 11 is 0. The van der Waals surface area contributed by atoms with E-state index in [1.165, 1.54) is 16.7 Å². The number of hydrogen-bond acceptors (Lipinski definition) is 3. The van der Waals surface area contributed by atoms with Gasteiger partial charge >= 0.3 is 7.48 Å². The molecule has 0 spiro atoms. The van der Waals surface area contributed by atoms with E-state index in [4.69, 9.17) is 4.65 Å². The number of rotatable bonds is 9. The Balaban J connectivity index is 1.53. The van der Waals surface area contributed by atoms with Crippen LogP contribution < -0.4 is 10.4 Å². The normalized spacial score (nSPS) is 11.7. The van der Waals surface area contributed by atoms with Crippen LogP contribution in [-0.2, 0) is 4.65 Å². The highest BCUT2D eigenvalue weighted by atomic mass is 16.5. The molecule has 0 aliphatic carbocycles. The van der Waals surface area contributed by atoms with Crippen LogP contribution in [0.5, 0.6) is 0 Å². The first-order chi connectivity index (χ1) is 19.2. The van der Waals surface area contributed by atoms with Crippen molar-refractivity contribution in [3.05, 3.63) is 133 Å². The zero-order valence-electron chi connectivity index (χ0n) is 23.7. The zero-order chi connectivity index (χ0) is 28.2. The molecule has 0 heterocycles. The highest BCUT2D eigenvalue weighted by molar-refractivity contribution is 6.47. The Hall–Kier alpha value is -4.12. The number of aliphatic hydroxyl groups is 1. The highest BCUT2D eigenvalue weighted by Gasteiger charge is 2.35. The molecule has 200 valence electrons. The van der Waals surface area contributed by atoms with E-state index in [0.717, 1.165) is 28.1 Å². The molecular formula is C36H36BNO2. The van der Waals surface area contributed by atoms with E-state index in [1.54, 1.807) is 13.8 Å². The van der Waals surface area contributed by atoms with Crippen LogP contribution in [0.25, 0.3) is 22.3 Å². The predicted molar refractivity (Wildman–Crippen MR) is 170 cm³/mol. The third-order valence-electron chi connectivity index (χ3n) is 7.73. The van der Waals surface area contributed by atoms with E-state index < -0.39 is 11.2 Å². The van der Waals surface area contributed by atoms with Gasteiger partial charge in [-0.05, 0) is 74.7 Å². The summed E-state index contributed by atoms with van der Waals surface area (Å²) in [4.78, 5) is 2.31. The standard InChI is InChI=1S/C36H36BNO2/c1-35(2,39)36(3,4)40-37-30-21-25-32(26-22-30)38(31-23-19-28(20-24-31)27-13-7-5-8-14-27)34-18-12-11-17-33(34)29-15-9-6-10-16-29/h5-26,37,39H,1-4H3. The lowest BCUT2D eigenvalue weighted by Crippen LogP contribution is -2.49. The molecule has 0 saturated heterocycles. The average molecular weight is 526 g/mol. The molecule has 0 aromatic heterocycles. The van der Waals surface area contributed by atoms with Gasteiger partial charge in [-0.25, -0.2) is 0 Å². The Bertz CT molecular complexity index is 1520. The van der Waals surface area contributed by atoms with E-state index >= 15 is 0 Å². The molecule has 4 heteroatoms. The van der Waals surface area contributed by atoms with Crippen LogP contribution in [0.15, 0.2) is 133 Å². The van der Waals surface area contributed by atoms with Crippen molar-refractivity contribution in [2.45, 2.75) is 38.9 Å². The van der Waals surface area contributed by atoms with Crippen molar-refractivity contribution in [2.75, 3.05) is 4.90 Å². The minimum absolute atomic E-state index is 0.420. The van der Waals surface area contributed by atoms with Crippen molar-refractivity contribution in [1.82, 2.24) is 0 Å². The van der Waals surface area contributed by atoms with Crippen molar-refractivity contribution in [2.24, 2.45) is 0 Å². The van der Waals surface area contributed by atoms with Crippen LogP contribution in [0, 0.1) is 0 Å². The third kappa shape index (κ3) is 6.04. The molecule has 0 aliphatic heterocycles. The van der Waals surface area contributed by atoms with Crippen LogP contribution in [0.1, 0.15) is 27.7 Å². The van der Waals surface area contributed by atoms with Crippen molar-refractivity contribution in [3.63, 3.8) is 0 Å². The van der Waals surface area contributed by atoms with Gasteiger partial charge < -0.3 is 14.7 Å². The van der Waals surface area contributed by atoms with Gasteiger partial charge in [-0.2, -0.15) is 0 Å². The summed E-state index contributed by atoms with van der Waals surface area (Å²) in [5.41, 5.74) is 7.38. The Morgan fingerprint density at radius 3 is 1.60 bits per heavy atom. The Morgan fingerprint density at radius 2 is 1.02 bits per heavy atom. The predicted octanol–water partition coefficient (Wildman–Crippen LogP) is 8.03. The van der Waals surface area contributed by atoms with Gasteiger partial charge in [0.1, 0.15) is 0 Å². The summed E-state index contributed by atoms with van der Waals surface area (Å²) in [6.07, 6.45) is 0. The van der Waals surface area contributed by atoms with Crippen molar-refractivity contribution in [1.29, 1.82) is 0 Å². The lowest BCUT2D eigenvalue weighted by Gasteiger charge is -2.37. The van der Waals surface area contributed by atoms with Crippen LogP contribution >= 0.6 is 0 Å². The molecular weight excluding hydrogens is 489 g/mol. The maximum absolute atomic E-state index is 10.5. The number of para-hydroxylation sites is 1. The number of anilines is 3. The van der Waals surface area contributed by atoms with Gasteiger partial charge in [0.05, 0.1) is 16.9 Å². The third-order valence-corrected chi connectivity index (χ3v) is 7.73. The highest BCUT2D eigenvalue weighted by Crippen LogP contribution is 2.41. The molecule has 3 nitrogen and oxygen atoms in total. The SMILES string of the molecule is CC(C)(O)C(C)(C)OBc1ccc(N(c2ccc(-c3ccccc3)cc2)c2ccccc2-c2ccccc2)cc1. The molecule has 0 saturated carbocycles. The molecule has 0 aliphatic rings. The van der Waals surface area contributed by atoms with Crippen LogP contribution in [0.4, 0.5) is 17.1 Å². The molecule has 0 bridgehead atoms. The topological polar surface area (TPSA) is 32.7 Å². The summed E-state index contributed by atoms with van der Waals surface area (Å²) in [6.45, 7) is 7.40. The molecule has 5 aromatic carbocycles. The maximum Gasteiger partial charge on any atom is 0.309 e. The van der Waals surface area contributed by atoms with Gasteiger partial charge in [-0.15, -0.1) is 0 Å². The van der Waals surface area contributed by atoms with Crippen LogP contribution in [-0.4, -0.2) is 23.8 Å². The number of hydrogen-bond donors (Lipinski definition) is 1. The molecule has 0 atom stereocenters. The lowest BCUT2D eigenvalue weighted by molar-refractivity contribution is -0.0893. The summed E-state index contributed by atoms with van der Waals surface area (Å²) in [5.74, 6) is 0. The van der Waals surface area contributed by atoms with E-state index in [9.17, 15) is 5.11 Å². The zero-order valence-corrected chi connectivity index (χ0v) is 23.7. The van der Waals surface area contributed by atoms with Gasteiger partial charge in [-0.3, -0.25) is 0 Å². The molecule has 5 aromatic rings. The van der Waals surface area contributed by atoms with Gasteiger partial charge in [0.2, 0.25) is 0 Å². The fraction of sp³-hybridized carbons (Fsp3) is 0.167. The molecule has 0 amide bonds. The van der Waals surface area contributed by atoms with E-state index in [2.05, 4.69) is 126 Å². The monoisotopic (exact) mass is 525 g/mol. The molecule has 40 heavy (non-hydrogen) atoms. The smallest absolute Gasteiger partial charge is 0.309 e. The van der Waals surface area contributed by atoms with Crippen molar-refractivity contribution in [3.8, 4) is 22.3 Å². The first-order valence-electron chi connectivity index (χ1n) is 13.8. The minimum Gasteiger partial charge on any atom is -0.427 e. The first-order valence-corrected chi connectivity index (χ1v) is 13.8. The Labute approximate surface area is 239 Å². The van der Waals surface area contributed by atoms with Crippen LogP contribution in [0.3, 0.4) is 0 Å². The molecule has 0 unspecified atom stereocenters. The Kier molecular flexibility index (Phi) is 7.93. The molecule has 0 fully saturated rings. The van der Waals surface area contributed by atoms with Gasteiger partial charge in [-0.1, -0.05) is 109 Å². The van der Waals surface area contributed by atoms with Gasteiger partial charge in [0, 0.05) is 16.9 Å².